The number of carbonyl (C=O) groups is 2. The number of nitrogens with zero attached hydrogens (tertiary/aromatic N) is 1. The quantitative estimate of drug-likeness (QED) is 0.670. The summed E-state index contributed by atoms with van der Waals surface area (Å²) in [5.74, 6) is 0.116. The summed E-state index contributed by atoms with van der Waals surface area (Å²) < 4.78 is 9.85. The lowest BCUT2D eigenvalue weighted by molar-refractivity contribution is -0.147. The van der Waals surface area contributed by atoms with Crippen LogP contribution in [0.3, 0.4) is 0 Å². The zero-order chi connectivity index (χ0) is 13.4. The van der Waals surface area contributed by atoms with E-state index in [1.165, 1.54) is 0 Å². The van der Waals surface area contributed by atoms with E-state index in [2.05, 4.69) is 4.90 Å². The van der Waals surface area contributed by atoms with E-state index < -0.39 is 0 Å². The summed E-state index contributed by atoms with van der Waals surface area (Å²) in [4.78, 5) is 24.7. The maximum absolute atomic E-state index is 11.3. The Bertz CT molecular complexity index is 244. The van der Waals surface area contributed by atoms with Gasteiger partial charge in [0.25, 0.3) is 0 Å². The minimum absolute atomic E-state index is 0.110. The number of esters is 2. The van der Waals surface area contributed by atoms with E-state index >= 15 is 0 Å². The van der Waals surface area contributed by atoms with E-state index in [4.69, 9.17) is 9.47 Å². The van der Waals surface area contributed by atoms with Gasteiger partial charge in [-0.05, 0) is 45.7 Å². The Morgan fingerprint density at radius 3 is 2.17 bits per heavy atom. The van der Waals surface area contributed by atoms with Crippen LogP contribution in [0.1, 0.15) is 33.1 Å². The van der Waals surface area contributed by atoms with Crippen molar-refractivity contribution in [2.75, 3.05) is 32.8 Å². The molecule has 1 rings (SSSR count). The number of hydrogen-bond acceptors (Lipinski definition) is 5. The number of rotatable bonds is 6. The number of piperidine rings is 1. The molecular weight excluding hydrogens is 234 g/mol. The fourth-order valence-electron chi connectivity index (χ4n) is 2.19. The van der Waals surface area contributed by atoms with Gasteiger partial charge in [-0.3, -0.25) is 14.5 Å². The van der Waals surface area contributed by atoms with Gasteiger partial charge in [0.2, 0.25) is 0 Å². The van der Waals surface area contributed by atoms with Crippen LogP contribution in [-0.4, -0.2) is 49.7 Å². The molecule has 1 heterocycles. The number of hydrogen-bond donors (Lipinski definition) is 0. The second-order valence-electron chi connectivity index (χ2n) is 4.53. The maximum Gasteiger partial charge on any atom is 0.320 e. The molecule has 0 aromatic carbocycles. The van der Waals surface area contributed by atoms with Gasteiger partial charge in [0.1, 0.15) is 0 Å². The lowest BCUT2D eigenvalue weighted by Gasteiger charge is -2.30. The van der Waals surface area contributed by atoms with Crippen LogP contribution in [0.2, 0.25) is 0 Å². The normalized spacial score (nSPS) is 17.4. The SMILES string of the molecule is CCOC(=O)CC1CCN(CC(=O)OCC)CC1. The van der Waals surface area contributed by atoms with E-state index in [1.807, 2.05) is 13.8 Å². The number of carbonyl (C=O) groups excluding carboxylic acids is 2. The molecule has 0 unspecified atom stereocenters. The summed E-state index contributed by atoms with van der Waals surface area (Å²) >= 11 is 0. The average Bonchev–Trinajstić information content (AvgIpc) is 2.32. The highest BCUT2D eigenvalue weighted by atomic mass is 16.5. The third-order valence-electron chi connectivity index (χ3n) is 3.13. The van der Waals surface area contributed by atoms with Gasteiger partial charge in [0.05, 0.1) is 19.8 Å². The summed E-state index contributed by atoms with van der Waals surface area (Å²) in [5, 5.41) is 0. The highest BCUT2D eigenvalue weighted by Gasteiger charge is 2.23. The van der Waals surface area contributed by atoms with E-state index in [0.717, 1.165) is 25.9 Å². The zero-order valence-corrected chi connectivity index (χ0v) is 11.3. The Morgan fingerprint density at radius 2 is 1.61 bits per heavy atom. The van der Waals surface area contributed by atoms with Crippen LogP contribution < -0.4 is 0 Å². The first-order chi connectivity index (χ1) is 8.65. The first-order valence-electron chi connectivity index (χ1n) is 6.69. The van der Waals surface area contributed by atoms with Crippen molar-refractivity contribution in [3.63, 3.8) is 0 Å². The second-order valence-corrected chi connectivity index (χ2v) is 4.53. The summed E-state index contributed by atoms with van der Waals surface area (Å²) in [6.45, 7) is 6.56. The van der Waals surface area contributed by atoms with Crippen molar-refractivity contribution >= 4 is 11.9 Å². The van der Waals surface area contributed by atoms with Crippen LogP contribution in [0.15, 0.2) is 0 Å². The third-order valence-corrected chi connectivity index (χ3v) is 3.13. The van der Waals surface area contributed by atoms with Gasteiger partial charge in [0.15, 0.2) is 0 Å². The molecule has 5 heteroatoms. The van der Waals surface area contributed by atoms with Gasteiger partial charge in [-0.2, -0.15) is 0 Å². The van der Waals surface area contributed by atoms with Crippen molar-refractivity contribution in [1.29, 1.82) is 0 Å². The van der Waals surface area contributed by atoms with Crippen LogP contribution in [-0.2, 0) is 19.1 Å². The highest BCUT2D eigenvalue weighted by molar-refractivity contribution is 5.71. The van der Waals surface area contributed by atoms with Crippen molar-refractivity contribution in [1.82, 2.24) is 4.90 Å². The van der Waals surface area contributed by atoms with E-state index in [0.29, 0.717) is 32.1 Å². The Balaban J connectivity index is 2.20. The predicted molar refractivity (Wildman–Crippen MR) is 67.0 cm³/mol. The highest BCUT2D eigenvalue weighted by Crippen LogP contribution is 2.20. The first kappa shape index (κ1) is 15.0. The van der Waals surface area contributed by atoms with Crippen molar-refractivity contribution in [2.24, 2.45) is 5.92 Å². The molecule has 5 nitrogen and oxygen atoms in total. The maximum atomic E-state index is 11.3. The van der Waals surface area contributed by atoms with Crippen molar-refractivity contribution in [2.45, 2.75) is 33.1 Å². The molecule has 1 aliphatic heterocycles. The molecule has 104 valence electrons. The van der Waals surface area contributed by atoms with Gasteiger partial charge in [0, 0.05) is 6.42 Å². The Kier molecular flexibility index (Phi) is 6.72. The fourth-order valence-corrected chi connectivity index (χ4v) is 2.19. The molecule has 0 aromatic heterocycles. The summed E-state index contributed by atoms with van der Waals surface area (Å²) in [6, 6.07) is 0. The zero-order valence-electron chi connectivity index (χ0n) is 11.3. The van der Waals surface area contributed by atoms with Gasteiger partial charge in [-0.15, -0.1) is 0 Å². The fraction of sp³-hybridized carbons (Fsp3) is 0.846. The lowest BCUT2D eigenvalue weighted by atomic mass is 9.93. The molecule has 0 aliphatic carbocycles. The first-order valence-corrected chi connectivity index (χ1v) is 6.69. The monoisotopic (exact) mass is 257 g/mol. The molecular formula is C13H23NO4. The summed E-state index contributed by atoms with van der Waals surface area (Å²) in [5.41, 5.74) is 0. The van der Waals surface area contributed by atoms with Gasteiger partial charge in [-0.25, -0.2) is 0 Å². The van der Waals surface area contributed by atoms with E-state index in [-0.39, 0.29) is 11.9 Å². The van der Waals surface area contributed by atoms with Crippen molar-refractivity contribution in [3.05, 3.63) is 0 Å². The third kappa shape index (κ3) is 5.49. The van der Waals surface area contributed by atoms with Gasteiger partial charge < -0.3 is 9.47 Å². The van der Waals surface area contributed by atoms with Gasteiger partial charge >= 0.3 is 11.9 Å². The van der Waals surface area contributed by atoms with E-state index in [1.54, 1.807) is 0 Å². The molecule has 0 amide bonds. The molecule has 0 N–H and O–H groups in total. The molecule has 0 saturated carbocycles. The molecule has 0 spiro atoms. The largest absolute Gasteiger partial charge is 0.466 e. The van der Waals surface area contributed by atoms with E-state index in [9.17, 15) is 9.59 Å². The minimum atomic E-state index is -0.165. The smallest absolute Gasteiger partial charge is 0.320 e. The molecule has 0 radical (unpaired) electrons. The second kappa shape index (κ2) is 8.08. The molecule has 1 fully saturated rings. The Hall–Kier alpha value is -1.10. The minimum Gasteiger partial charge on any atom is -0.466 e. The van der Waals surface area contributed by atoms with Crippen LogP contribution in [0.5, 0.6) is 0 Å². The van der Waals surface area contributed by atoms with Crippen LogP contribution in [0.25, 0.3) is 0 Å². The number of likely N-dealkylation sites (tertiary alicyclic amines) is 1. The van der Waals surface area contributed by atoms with Crippen molar-refractivity contribution < 1.29 is 19.1 Å². The topological polar surface area (TPSA) is 55.8 Å². The molecule has 0 bridgehead atoms. The summed E-state index contributed by atoms with van der Waals surface area (Å²) in [7, 11) is 0. The molecule has 1 saturated heterocycles. The average molecular weight is 257 g/mol. The Labute approximate surface area is 108 Å². The van der Waals surface area contributed by atoms with Crippen LogP contribution in [0.4, 0.5) is 0 Å². The lowest BCUT2D eigenvalue weighted by Crippen LogP contribution is -2.38. The summed E-state index contributed by atoms with van der Waals surface area (Å²) in [6.07, 6.45) is 2.39. The van der Waals surface area contributed by atoms with Crippen molar-refractivity contribution in [3.8, 4) is 0 Å². The Morgan fingerprint density at radius 1 is 1.06 bits per heavy atom. The molecule has 1 aliphatic rings. The molecule has 0 aromatic rings. The molecule has 18 heavy (non-hydrogen) atoms. The predicted octanol–water partition coefficient (Wildman–Crippen LogP) is 1.21. The van der Waals surface area contributed by atoms with Gasteiger partial charge in [-0.1, -0.05) is 0 Å². The van der Waals surface area contributed by atoms with Crippen LogP contribution >= 0.6 is 0 Å². The standard InChI is InChI=1S/C13H23NO4/c1-3-17-12(15)9-11-5-7-14(8-6-11)10-13(16)18-4-2/h11H,3-10H2,1-2H3. The number of ether oxygens (including phenoxy) is 2. The molecule has 0 atom stereocenters. The van der Waals surface area contributed by atoms with Crippen LogP contribution in [0, 0.1) is 5.92 Å².